The Hall–Kier alpha value is -2.06. The number of nitrogens with zero attached hydrogens (tertiary/aromatic N) is 3. The number of sulfonamides is 1. The largest absolute Gasteiger partial charge is 0.339 e. The van der Waals surface area contributed by atoms with Crippen molar-refractivity contribution in [2.45, 2.75) is 24.3 Å². The highest BCUT2D eigenvalue weighted by molar-refractivity contribution is 7.89. The number of carbonyl (C=O) groups is 1. The lowest BCUT2D eigenvalue weighted by Crippen LogP contribution is -2.31. The van der Waals surface area contributed by atoms with Crippen molar-refractivity contribution in [1.82, 2.24) is 13.9 Å². The van der Waals surface area contributed by atoms with Gasteiger partial charge in [0.2, 0.25) is 0 Å². The van der Waals surface area contributed by atoms with Gasteiger partial charge in [-0.3, -0.25) is 4.79 Å². The summed E-state index contributed by atoms with van der Waals surface area (Å²) in [6.45, 7) is 0.868. The molecule has 2 aliphatic rings. The number of hydrogen-bond acceptors (Lipinski definition) is 4. The van der Waals surface area contributed by atoms with Crippen LogP contribution < -0.4 is 0 Å². The molecule has 0 radical (unpaired) electrons. The van der Waals surface area contributed by atoms with E-state index in [9.17, 15) is 17.6 Å². The fourth-order valence-corrected chi connectivity index (χ4v) is 5.98. The summed E-state index contributed by atoms with van der Waals surface area (Å²) < 4.78 is 42.6. The molecule has 2 heterocycles. The summed E-state index contributed by atoms with van der Waals surface area (Å²) in [6, 6.07) is 6.03. The molecule has 0 amide bonds. The smallest absolute Gasteiger partial charge is 0.262 e. The molecule has 3 atom stereocenters. The van der Waals surface area contributed by atoms with Crippen molar-refractivity contribution in [2.24, 2.45) is 24.8 Å². The number of aromatic nitrogens is 2. The maximum absolute atomic E-state index is 13.9. The molecule has 1 saturated heterocycles. The van der Waals surface area contributed by atoms with Gasteiger partial charge in [-0.1, -0.05) is 12.1 Å². The molecule has 8 heteroatoms. The Labute approximate surface area is 158 Å². The summed E-state index contributed by atoms with van der Waals surface area (Å²) in [6.07, 6.45) is 5.02. The highest BCUT2D eigenvalue weighted by Gasteiger charge is 2.47. The molecule has 0 spiro atoms. The van der Waals surface area contributed by atoms with Crippen molar-refractivity contribution < 1.29 is 17.6 Å². The third kappa shape index (κ3) is 3.32. The minimum atomic E-state index is -3.61. The molecule has 4 rings (SSSR count). The maximum atomic E-state index is 13.9. The van der Waals surface area contributed by atoms with Crippen molar-refractivity contribution >= 4 is 15.8 Å². The number of benzene rings is 1. The molecule has 2 fully saturated rings. The van der Waals surface area contributed by atoms with Crippen LogP contribution >= 0.6 is 0 Å². The van der Waals surface area contributed by atoms with Crippen LogP contribution in [0.25, 0.3) is 0 Å². The average molecular weight is 391 g/mol. The topological polar surface area (TPSA) is 72.3 Å². The van der Waals surface area contributed by atoms with E-state index in [2.05, 4.69) is 4.98 Å². The molecule has 0 N–H and O–H groups in total. The van der Waals surface area contributed by atoms with Gasteiger partial charge in [-0.2, -0.15) is 4.31 Å². The molecule has 0 bridgehead atoms. The van der Waals surface area contributed by atoms with Gasteiger partial charge >= 0.3 is 0 Å². The van der Waals surface area contributed by atoms with Gasteiger partial charge in [0.15, 0.2) is 10.8 Å². The molecule has 1 aliphatic heterocycles. The summed E-state index contributed by atoms with van der Waals surface area (Å²) in [5.41, 5.74) is 0.122. The Bertz CT molecular complexity index is 972. The van der Waals surface area contributed by atoms with Crippen molar-refractivity contribution in [1.29, 1.82) is 0 Å². The maximum Gasteiger partial charge on any atom is 0.262 e. The monoisotopic (exact) mass is 391 g/mol. The van der Waals surface area contributed by atoms with Crippen LogP contribution in [-0.2, 0) is 17.1 Å². The minimum Gasteiger partial charge on any atom is -0.339 e. The summed E-state index contributed by atoms with van der Waals surface area (Å²) in [5.74, 6) is -0.222. The molecule has 6 nitrogen and oxygen atoms in total. The van der Waals surface area contributed by atoms with Gasteiger partial charge in [-0.15, -0.1) is 0 Å². The Balaban J connectivity index is 1.47. The molecule has 1 saturated carbocycles. The number of rotatable bonds is 5. The van der Waals surface area contributed by atoms with E-state index in [-0.39, 0.29) is 40.5 Å². The Morgan fingerprint density at radius 3 is 2.74 bits per heavy atom. The molecule has 144 valence electrons. The highest BCUT2D eigenvalue weighted by atomic mass is 32.2. The number of hydrogen-bond donors (Lipinski definition) is 0. The van der Waals surface area contributed by atoms with Crippen LogP contribution in [0.1, 0.15) is 29.6 Å². The van der Waals surface area contributed by atoms with Gasteiger partial charge in [0.1, 0.15) is 5.82 Å². The minimum absolute atomic E-state index is 0.0592. The van der Waals surface area contributed by atoms with Crippen LogP contribution in [0.3, 0.4) is 0 Å². The van der Waals surface area contributed by atoms with Gasteiger partial charge in [-0.05, 0) is 42.7 Å². The molecular formula is C19H22FN3O3S. The van der Waals surface area contributed by atoms with Crippen LogP contribution in [0.5, 0.6) is 0 Å². The molecule has 2 aromatic rings. The molecule has 1 aliphatic carbocycles. The third-order valence-electron chi connectivity index (χ3n) is 5.88. The van der Waals surface area contributed by atoms with E-state index in [1.165, 1.54) is 29.0 Å². The standard InChI is InChI=1S/C19H22FN3O3S/c1-22-11-19(21-12-22)27(25,26)23-9-14-7-6-13(16(14)10-23)8-18(24)15-4-2-3-5-17(15)20/h2-5,11-14,16H,6-10H2,1H3. The number of halogens is 1. The number of aryl methyl sites for hydroxylation is 1. The second-order valence-corrected chi connectivity index (χ2v) is 9.45. The normalized spacial score (nSPS) is 25.6. The number of carbonyl (C=O) groups excluding carboxylic acids is 1. The predicted octanol–water partition coefficient (Wildman–Crippen LogP) is 2.48. The second kappa shape index (κ2) is 6.83. The molecule has 3 unspecified atom stereocenters. The zero-order chi connectivity index (χ0) is 19.2. The lowest BCUT2D eigenvalue weighted by molar-refractivity contribution is 0.0946. The van der Waals surface area contributed by atoms with E-state index < -0.39 is 15.8 Å². The first-order chi connectivity index (χ1) is 12.9. The van der Waals surface area contributed by atoms with Crippen LogP contribution in [-0.4, -0.2) is 41.1 Å². The first kappa shape index (κ1) is 18.3. The second-order valence-electron chi connectivity index (χ2n) is 7.57. The number of imidazole rings is 1. The molecule has 27 heavy (non-hydrogen) atoms. The van der Waals surface area contributed by atoms with E-state index in [0.717, 1.165) is 12.8 Å². The summed E-state index contributed by atoms with van der Waals surface area (Å²) in [7, 11) is -1.88. The SMILES string of the molecule is Cn1cnc(S(=O)(=O)N2CC3CCC(CC(=O)c4ccccc4F)C3C2)c1. The van der Waals surface area contributed by atoms with Gasteiger partial charge in [0.25, 0.3) is 10.0 Å². The lowest BCUT2D eigenvalue weighted by Gasteiger charge is -2.19. The fourth-order valence-electron chi connectivity index (χ4n) is 4.48. The van der Waals surface area contributed by atoms with Crippen molar-refractivity contribution in [3.8, 4) is 0 Å². The van der Waals surface area contributed by atoms with Gasteiger partial charge in [-0.25, -0.2) is 17.8 Å². The average Bonchev–Trinajstić information content (AvgIpc) is 3.32. The van der Waals surface area contributed by atoms with Gasteiger partial charge < -0.3 is 4.57 Å². The van der Waals surface area contributed by atoms with Gasteiger partial charge in [0, 0.05) is 32.8 Å². The third-order valence-corrected chi connectivity index (χ3v) is 7.60. The van der Waals surface area contributed by atoms with Crippen molar-refractivity contribution in [3.05, 3.63) is 48.2 Å². The van der Waals surface area contributed by atoms with E-state index >= 15 is 0 Å². The Morgan fingerprint density at radius 2 is 2.04 bits per heavy atom. The van der Waals surface area contributed by atoms with E-state index in [4.69, 9.17) is 0 Å². The van der Waals surface area contributed by atoms with Crippen LogP contribution in [0.4, 0.5) is 4.39 Å². The summed E-state index contributed by atoms with van der Waals surface area (Å²) in [5, 5.41) is 0.0592. The summed E-state index contributed by atoms with van der Waals surface area (Å²) in [4.78, 5) is 16.5. The van der Waals surface area contributed by atoms with E-state index in [0.29, 0.717) is 13.1 Å². The fraction of sp³-hybridized carbons (Fsp3) is 0.474. The molecule has 1 aromatic heterocycles. The van der Waals surface area contributed by atoms with Gasteiger partial charge in [0.05, 0.1) is 11.9 Å². The molecular weight excluding hydrogens is 369 g/mol. The Kier molecular flexibility index (Phi) is 4.63. The van der Waals surface area contributed by atoms with Crippen LogP contribution in [0.15, 0.2) is 41.8 Å². The highest BCUT2D eigenvalue weighted by Crippen LogP contribution is 2.45. The predicted molar refractivity (Wildman–Crippen MR) is 97.0 cm³/mol. The molecule has 1 aromatic carbocycles. The van der Waals surface area contributed by atoms with Crippen LogP contribution in [0, 0.1) is 23.6 Å². The first-order valence-corrected chi connectivity index (χ1v) is 10.6. The first-order valence-electron chi connectivity index (χ1n) is 9.12. The zero-order valence-electron chi connectivity index (χ0n) is 15.1. The number of fused-ring (bicyclic) bond motifs is 1. The zero-order valence-corrected chi connectivity index (χ0v) is 15.9. The van der Waals surface area contributed by atoms with E-state index in [1.807, 2.05) is 0 Å². The summed E-state index contributed by atoms with van der Waals surface area (Å²) >= 11 is 0. The number of Topliss-reactive ketones (excluding diaryl/α,β-unsaturated/α-hetero) is 1. The number of ketones is 1. The van der Waals surface area contributed by atoms with E-state index in [1.54, 1.807) is 23.7 Å². The van der Waals surface area contributed by atoms with Crippen molar-refractivity contribution in [2.75, 3.05) is 13.1 Å². The Morgan fingerprint density at radius 1 is 1.26 bits per heavy atom. The lowest BCUT2D eigenvalue weighted by atomic mass is 9.87. The quantitative estimate of drug-likeness (QED) is 0.734. The van der Waals surface area contributed by atoms with Crippen LogP contribution in [0.2, 0.25) is 0 Å². The van der Waals surface area contributed by atoms with Crippen molar-refractivity contribution in [3.63, 3.8) is 0 Å².